The average molecular weight is 394 g/mol. The van der Waals surface area contributed by atoms with Crippen molar-refractivity contribution in [1.29, 1.82) is 0 Å². The van der Waals surface area contributed by atoms with E-state index in [1.165, 1.54) is 0 Å². The maximum absolute atomic E-state index is 12.6. The van der Waals surface area contributed by atoms with Gasteiger partial charge in [-0.2, -0.15) is 0 Å². The number of carbonyl (C=O) groups is 3. The van der Waals surface area contributed by atoms with Crippen LogP contribution in [0, 0.1) is 5.92 Å². The van der Waals surface area contributed by atoms with Crippen LogP contribution in [0.15, 0.2) is 24.3 Å². The number of nitrogens with zero attached hydrogens (tertiary/aromatic N) is 2. The van der Waals surface area contributed by atoms with Crippen molar-refractivity contribution in [2.24, 2.45) is 5.92 Å². The Balaban J connectivity index is 1.51. The lowest BCUT2D eigenvalue weighted by molar-refractivity contribution is -0.140. The van der Waals surface area contributed by atoms with Gasteiger partial charge in [-0.1, -0.05) is 24.6 Å². The summed E-state index contributed by atoms with van der Waals surface area (Å²) in [5.74, 6) is -1.97. The quantitative estimate of drug-likeness (QED) is 0.689. The predicted octanol–water partition coefficient (Wildman–Crippen LogP) is 1.75. The third kappa shape index (κ3) is 4.42. The molecule has 1 aromatic rings. The Labute approximate surface area is 163 Å². The fourth-order valence-electron chi connectivity index (χ4n) is 3.80. The lowest BCUT2D eigenvalue weighted by Crippen LogP contribution is -2.56. The molecule has 1 saturated carbocycles. The number of hydrogen-bond acceptors (Lipinski definition) is 4. The minimum absolute atomic E-state index is 0.00151. The molecule has 0 bridgehead atoms. The van der Waals surface area contributed by atoms with Crippen molar-refractivity contribution in [1.82, 2.24) is 10.2 Å². The number of likely N-dealkylation sites (N-methyl/N-ethyl adjacent to an activating group) is 1. The van der Waals surface area contributed by atoms with Crippen molar-refractivity contribution < 1.29 is 19.5 Å². The van der Waals surface area contributed by atoms with Crippen LogP contribution in [0.1, 0.15) is 26.2 Å². The molecule has 2 amide bonds. The molecule has 8 heteroatoms. The molecule has 27 heavy (non-hydrogen) atoms. The molecule has 3 rings (SSSR count). The van der Waals surface area contributed by atoms with Crippen LogP contribution in [-0.2, 0) is 14.4 Å². The van der Waals surface area contributed by atoms with E-state index in [2.05, 4.69) is 5.32 Å². The van der Waals surface area contributed by atoms with Crippen molar-refractivity contribution in [3.63, 3.8) is 0 Å². The standard InChI is InChI=1S/C19H24ClN3O4/c1-2-22(11-17(24)25)15-9-13(10-15)21-18(26)16-6-7-23(19(16)27)14-5-3-4-12(20)8-14/h3-5,8,13,15-16H,2,6-7,9-11H2,1H3,(H,21,26)(H,24,25). The first kappa shape index (κ1) is 19.6. The Morgan fingerprint density at radius 3 is 2.74 bits per heavy atom. The molecular formula is C19H24ClN3O4. The average Bonchev–Trinajstić information content (AvgIpc) is 2.97. The van der Waals surface area contributed by atoms with Gasteiger partial charge < -0.3 is 15.3 Å². The van der Waals surface area contributed by atoms with Gasteiger partial charge in [0, 0.05) is 29.3 Å². The van der Waals surface area contributed by atoms with Crippen molar-refractivity contribution in [2.45, 2.75) is 38.3 Å². The largest absolute Gasteiger partial charge is 0.480 e. The summed E-state index contributed by atoms with van der Waals surface area (Å²) in [5, 5.41) is 12.4. The Kier molecular flexibility index (Phi) is 6.01. The first-order valence-corrected chi connectivity index (χ1v) is 9.60. The molecule has 1 unspecified atom stereocenters. The van der Waals surface area contributed by atoms with Crippen LogP contribution < -0.4 is 10.2 Å². The summed E-state index contributed by atoms with van der Waals surface area (Å²) in [6.45, 7) is 3.09. The van der Waals surface area contributed by atoms with Crippen LogP contribution in [0.4, 0.5) is 5.69 Å². The lowest BCUT2D eigenvalue weighted by atomic mass is 9.85. The number of benzene rings is 1. The number of hydrogen-bond donors (Lipinski definition) is 2. The van der Waals surface area contributed by atoms with E-state index in [0.29, 0.717) is 43.1 Å². The number of carbonyl (C=O) groups excluding carboxylic acids is 2. The molecule has 1 aliphatic heterocycles. The molecule has 1 aliphatic carbocycles. The van der Waals surface area contributed by atoms with Gasteiger partial charge in [0.15, 0.2) is 0 Å². The molecule has 0 aromatic heterocycles. The zero-order chi connectivity index (χ0) is 19.6. The summed E-state index contributed by atoms with van der Waals surface area (Å²) in [6, 6.07) is 7.22. The van der Waals surface area contributed by atoms with Crippen LogP contribution >= 0.6 is 11.6 Å². The lowest BCUT2D eigenvalue weighted by Gasteiger charge is -2.42. The normalized spacial score (nSPS) is 24.8. The minimum Gasteiger partial charge on any atom is -0.480 e. The molecule has 0 radical (unpaired) electrons. The first-order valence-electron chi connectivity index (χ1n) is 9.22. The van der Waals surface area contributed by atoms with Crippen LogP contribution in [0.5, 0.6) is 0 Å². The number of carboxylic acid groups (broad SMARTS) is 1. The van der Waals surface area contributed by atoms with E-state index in [4.69, 9.17) is 16.7 Å². The fraction of sp³-hybridized carbons (Fsp3) is 0.526. The highest BCUT2D eigenvalue weighted by molar-refractivity contribution is 6.31. The molecule has 1 atom stereocenters. The highest BCUT2D eigenvalue weighted by Gasteiger charge is 2.41. The van der Waals surface area contributed by atoms with Crippen LogP contribution in [0.2, 0.25) is 5.02 Å². The monoisotopic (exact) mass is 393 g/mol. The number of halogens is 1. The van der Waals surface area contributed by atoms with Gasteiger partial charge in [0.05, 0.1) is 6.54 Å². The predicted molar refractivity (Wildman–Crippen MR) is 102 cm³/mol. The number of carboxylic acids is 1. The molecule has 146 valence electrons. The van der Waals surface area contributed by atoms with E-state index in [1.807, 2.05) is 17.9 Å². The highest BCUT2D eigenvalue weighted by Crippen LogP contribution is 2.29. The first-order chi connectivity index (χ1) is 12.9. The van der Waals surface area contributed by atoms with Crippen LogP contribution in [0.3, 0.4) is 0 Å². The van der Waals surface area contributed by atoms with Gasteiger partial charge >= 0.3 is 5.97 Å². The van der Waals surface area contributed by atoms with E-state index in [1.54, 1.807) is 23.1 Å². The molecule has 1 saturated heterocycles. The van der Waals surface area contributed by atoms with Crippen LogP contribution in [0.25, 0.3) is 0 Å². The minimum atomic E-state index is -0.845. The molecule has 0 spiro atoms. The van der Waals surface area contributed by atoms with Gasteiger partial charge in [0.1, 0.15) is 5.92 Å². The van der Waals surface area contributed by atoms with E-state index in [-0.39, 0.29) is 30.4 Å². The van der Waals surface area contributed by atoms with Gasteiger partial charge in [0.2, 0.25) is 11.8 Å². The zero-order valence-electron chi connectivity index (χ0n) is 15.2. The SMILES string of the molecule is CCN(CC(=O)O)C1CC(NC(=O)C2CCN(c3cccc(Cl)c3)C2=O)C1. The Morgan fingerprint density at radius 2 is 2.11 bits per heavy atom. The summed E-state index contributed by atoms with van der Waals surface area (Å²) in [4.78, 5) is 39.6. The Hall–Kier alpha value is -2.12. The molecule has 7 nitrogen and oxygen atoms in total. The molecule has 2 N–H and O–H groups in total. The number of anilines is 1. The topological polar surface area (TPSA) is 90.0 Å². The van der Waals surface area contributed by atoms with Gasteiger partial charge in [0.25, 0.3) is 0 Å². The molecule has 2 aliphatic rings. The summed E-state index contributed by atoms with van der Waals surface area (Å²) < 4.78 is 0. The second-order valence-electron chi connectivity index (χ2n) is 7.10. The molecular weight excluding hydrogens is 370 g/mol. The van der Waals surface area contributed by atoms with Gasteiger partial charge in [-0.15, -0.1) is 0 Å². The summed E-state index contributed by atoms with van der Waals surface area (Å²) in [7, 11) is 0. The maximum atomic E-state index is 12.6. The molecule has 1 heterocycles. The van der Waals surface area contributed by atoms with E-state index in [0.717, 1.165) is 0 Å². The van der Waals surface area contributed by atoms with E-state index in [9.17, 15) is 14.4 Å². The molecule has 1 aromatic carbocycles. The number of aliphatic carboxylic acids is 1. The number of amides is 2. The third-order valence-electron chi connectivity index (χ3n) is 5.36. The third-order valence-corrected chi connectivity index (χ3v) is 5.60. The molecule has 2 fully saturated rings. The van der Waals surface area contributed by atoms with Gasteiger partial charge in [-0.3, -0.25) is 19.3 Å². The van der Waals surface area contributed by atoms with Crippen molar-refractivity contribution in [2.75, 3.05) is 24.5 Å². The maximum Gasteiger partial charge on any atom is 0.317 e. The smallest absolute Gasteiger partial charge is 0.317 e. The van der Waals surface area contributed by atoms with Gasteiger partial charge in [-0.05, 0) is 44.0 Å². The number of rotatable bonds is 7. The highest BCUT2D eigenvalue weighted by atomic mass is 35.5. The second-order valence-corrected chi connectivity index (χ2v) is 7.54. The van der Waals surface area contributed by atoms with Crippen LogP contribution in [-0.4, -0.2) is 59.5 Å². The number of nitrogens with one attached hydrogen (secondary N) is 1. The van der Waals surface area contributed by atoms with E-state index < -0.39 is 11.9 Å². The van der Waals surface area contributed by atoms with Crippen molar-refractivity contribution >= 4 is 35.1 Å². The van der Waals surface area contributed by atoms with Crippen molar-refractivity contribution in [3.8, 4) is 0 Å². The van der Waals surface area contributed by atoms with Crippen molar-refractivity contribution in [3.05, 3.63) is 29.3 Å². The van der Waals surface area contributed by atoms with Gasteiger partial charge in [-0.25, -0.2) is 0 Å². The second kappa shape index (κ2) is 8.27. The Bertz CT molecular complexity index is 735. The Morgan fingerprint density at radius 1 is 1.37 bits per heavy atom. The summed E-state index contributed by atoms with van der Waals surface area (Å²) in [5.41, 5.74) is 0.707. The summed E-state index contributed by atoms with van der Waals surface area (Å²) >= 11 is 5.99. The fourth-order valence-corrected chi connectivity index (χ4v) is 3.99. The van der Waals surface area contributed by atoms with E-state index >= 15 is 0 Å². The zero-order valence-corrected chi connectivity index (χ0v) is 16.0. The summed E-state index contributed by atoms with van der Waals surface area (Å²) in [6.07, 6.45) is 1.91.